The number of ether oxygens (including phenoxy) is 1. The SMILES string of the molecule is C=CCN(CC(=O)O)C(=O)NC1CCOC1. The average Bonchev–Trinajstić information content (AvgIpc) is 2.69. The maximum absolute atomic E-state index is 11.7. The second-order valence-electron chi connectivity index (χ2n) is 3.57. The van der Waals surface area contributed by atoms with Gasteiger partial charge in [0.2, 0.25) is 0 Å². The monoisotopic (exact) mass is 228 g/mol. The highest BCUT2D eigenvalue weighted by molar-refractivity contribution is 5.80. The largest absolute Gasteiger partial charge is 0.480 e. The Morgan fingerprint density at radius 2 is 2.38 bits per heavy atom. The predicted molar refractivity (Wildman–Crippen MR) is 57.2 cm³/mol. The number of carboxylic acid groups (broad SMARTS) is 1. The Labute approximate surface area is 93.9 Å². The van der Waals surface area contributed by atoms with E-state index >= 15 is 0 Å². The highest BCUT2D eigenvalue weighted by atomic mass is 16.5. The summed E-state index contributed by atoms with van der Waals surface area (Å²) >= 11 is 0. The molecule has 0 aromatic rings. The van der Waals surface area contributed by atoms with Crippen molar-refractivity contribution in [3.8, 4) is 0 Å². The Balaban J connectivity index is 2.45. The molecule has 0 aliphatic carbocycles. The van der Waals surface area contributed by atoms with Crippen LogP contribution in [0.15, 0.2) is 12.7 Å². The Kier molecular flexibility index (Phi) is 4.78. The molecule has 0 spiro atoms. The van der Waals surface area contributed by atoms with Crippen LogP contribution in [0.5, 0.6) is 0 Å². The van der Waals surface area contributed by atoms with Crippen molar-refractivity contribution in [1.29, 1.82) is 0 Å². The standard InChI is InChI=1S/C10H16N2O4/c1-2-4-12(6-9(13)14)10(15)11-8-3-5-16-7-8/h2,8H,1,3-7H2,(H,11,15)(H,13,14). The number of nitrogens with zero attached hydrogens (tertiary/aromatic N) is 1. The van der Waals surface area contributed by atoms with Crippen molar-refractivity contribution in [2.24, 2.45) is 0 Å². The first-order valence-electron chi connectivity index (χ1n) is 5.09. The Bertz CT molecular complexity index is 274. The molecule has 1 fully saturated rings. The molecule has 90 valence electrons. The zero-order valence-electron chi connectivity index (χ0n) is 9.02. The van der Waals surface area contributed by atoms with Gasteiger partial charge >= 0.3 is 12.0 Å². The highest BCUT2D eigenvalue weighted by Gasteiger charge is 2.21. The molecule has 0 aromatic carbocycles. The molecule has 0 aromatic heterocycles. The van der Waals surface area contributed by atoms with Gasteiger partial charge in [-0.05, 0) is 6.42 Å². The lowest BCUT2D eigenvalue weighted by Gasteiger charge is -2.21. The molecule has 1 aliphatic rings. The molecular weight excluding hydrogens is 212 g/mol. The number of carbonyl (C=O) groups excluding carboxylic acids is 1. The van der Waals surface area contributed by atoms with E-state index < -0.39 is 12.0 Å². The van der Waals surface area contributed by atoms with Crippen LogP contribution in [0.4, 0.5) is 4.79 Å². The van der Waals surface area contributed by atoms with Crippen LogP contribution in [0.25, 0.3) is 0 Å². The van der Waals surface area contributed by atoms with Gasteiger partial charge in [0.1, 0.15) is 6.54 Å². The van der Waals surface area contributed by atoms with Gasteiger partial charge in [-0.25, -0.2) is 4.79 Å². The van der Waals surface area contributed by atoms with E-state index in [2.05, 4.69) is 11.9 Å². The molecule has 2 N–H and O–H groups in total. The third kappa shape index (κ3) is 3.90. The van der Waals surface area contributed by atoms with E-state index in [1.165, 1.54) is 11.0 Å². The maximum atomic E-state index is 11.7. The fraction of sp³-hybridized carbons (Fsp3) is 0.600. The number of rotatable bonds is 5. The van der Waals surface area contributed by atoms with E-state index in [9.17, 15) is 9.59 Å². The van der Waals surface area contributed by atoms with E-state index in [0.717, 1.165) is 6.42 Å². The summed E-state index contributed by atoms with van der Waals surface area (Å²) in [5.74, 6) is -1.04. The molecule has 0 saturated carbocycles. The van der Waals surface area contributed by atoms with Gasteiger partial charge in [-0.15, -0.1) is 6.58 Å². The van der Waals surface area contributed by atoms with Crippen LogP contribution in [0, 0.1) is 0 Å². The average molecular weight is 228 g/mol. The summed E-state index contributed by atoms with van der Waals surface area (Å²) < 4.78 is 5.11. The lowest BCUT2D eigenvalue weighted by atomic mass is 10.3. The van der Waals surface area contributed by atoms with Crippen molar-refractivity contribution in [2.45, 2.75) is 12.5 Å². The van der Waals surface area contributed by atoms with Gasteiger partial charge in [0.15, 0.2) is 0 Å². The zero-order valence-corrected chi connectivity index (χ0v) is 9.02. The number of carboxylic acids is 1. The smallest absolute Gasteiger partial charge is 0.323 e. The van der Waals surface area contributed by atoms with Crippen LogP contribution >= 0.6 is 0 Å². The number of hydrogen-bond donors (Lipinski definition) is 2. The molecule has 1 rings (SSSR count). The van der Waals surface area contributed by atoms with Gasteiger partial charge in [-0.2, -0.15) is 0 Å². The van der Waals surface area contributed by atoms with Crippen molar-refractivity contribution in [2.75, 3.05) is 26.3 Å². The molecule has 1 heterocycles. The van der Waals surface area contributed by atoms with Gasteiger partial charge < -0.3 is 20.1 Å². The van der Waals surface area contributed by atoms with E-state index in [0.29, 0.717) is 13.2 Å². The van der Waals surface area contributed by atoms with Gasteiger partial charge in [0, 0.05) is 13.2 Å². The lowest BCUT2D eigenvalue weighted by molar-refractivity contribution is -0.137. The number of nitrogens with one attached hydrogen (secondary N) is 1. The summed E-state index contributed by atoms with van der Waals surface area (Å²) in [4.78, 5) is 23.4. The van der Waals surface area contributed by atoms with E-state index in [-0.39, 0.29) is 19.1 Å². The minimum Gasteiger partial charge on any atom is -0.480 e. The Morgan fingerprint density at radius 3 is 2.88 bits per heavy atom. The van der Waals surface area contributed by atoms with Crippen LogP contribution in [0.1, 0.15) is 6.42 Å². The molecule has 1 atom stereocenters. The molecule has 6 nitrogen and oxygen atoms in total. The Morgan fingerprint density at radius 1 is 1.62 bits per heavy atom. The van der Waals surface area contributed by atoms with Crippen LogP contribution in [-0.2, 0) is 9.53 Å². The third-order valence-electron chi connectivity index (χ3n) is 2.22. The second-order valence-corrected chi connectivity index (χ2v) is 3.57. The van der Waals surface area contributed by atoms with Crippen molar-refractivity contribution in [1.82, 2.24) is 10.2 Å². The number of urea groups is 1. The predicted octanol–water partition coefficient (Wildman–Crippen LogP) is 0.0575. The number of aliphatic carboxylic acids is 1. The van der Waals surface area contributed by atoms with Gasteiger partial charge in [-0.1, -0.05) is 6.08 Å². The minimum absolute atomic E-state index is 0.0198. The molecule has 1 unspecified atom stereocenters. The second kappa shape index (κ2) is 6.12. The first kappa shape index (κ1) is 12.5. The summed E-state index contributed by atoms with van der Waals surface area (Å²) in [6.45, 7) is 4.49. The number of hydrogen-bond acceptors (Lipinski definition) is 3. The normalized spacial score (nSPS) is 19.1. The summed E-state index contributed by atoms with van der Waals surface area (Å²) in [5.41, 5.74) is 0. The van der Waals surface area contributed by atoms with Gasteiger partial charge in [-0.3, -0.25) is 4.79 Å². The molecule has 1 aliphatic heterocycles. The molecule has 16 heavy (non-hydrogen) atoms. The van der Waals surface area contributed by atoms with Crippen LogP contribution in [0.2, 0.25) is 0 Å². The van der Waals surface area contributed by atoms with E-state index in [1.807, 2.05) is 0 Å². The maximum Gasteiger partial charge on any atom is 0.323 e. The molecule has 1 saturated heterocycles. The summed E-state index contributed by atoms with van der Waals surface area (Å²) in [7, 11) is 0. The molecular formula is C10H16N2O4. The quantitative estimate of drug-likeness (QED) is 0.652. The van der Waals surface area contributed by atoms with Crippen LogP contribution < -0.4 is 5.32 Å². The minimum atomic E-state index is -1.04. The molecule has 0 radical (unpaired) electrons. The fourth-order valence-corrected chi connectivity index (χ4v) is 1.45. The first-order valence-corrected chi connectivity index (χ1v) is 5.09. The fourth-order valence-electron chi connectivity index (χ4n) is 1.45. The van der Waals surface area contributed by atoms with Crippen LogP contribution in [-0.4, -0.2) is 54.4 Å². The van der Waals surface area contributed by atoms with Gasteiger partial charge in [0.25, 0.3) is 0 Å². The highest BCUT2D eigenvalue weighted by Crippen LogP contribution is 2.04. The first-order chi connectivity index (χ1) is 7.63. The molecule has 6 heteroatoms. The topological polar surface area (TPSA) is 78.9 Å². The summed E-state index contributed by atoms with van der Waals surface area (Å²) in [5, 5.41) is 11.4. The zero-order chi connectivity index (χ0) is 12.0. The molecule has 2 amide bonds. The van der Waals surface area contributed by atoms with Crippen molar-refractivity contribution in [3.63, 3.8) is 0 Å². The van der Waals surface area contributed by atoms with Crippen LogP contribution in [0.3, 0.4) is 0 Å². The molecule has 0 bridgehead atoms. The summed E-state index contributed by atoms with van der Waals surface area (Å²) in [6.07, 6.45) is 2.26. The van der Waals surface area contributed by atoms with Crippen molar-refractivity contribution >= 4 is 12.0 Å². The van der Waals surface area contributed by atoms with Gasteiger partial charge in [0.05, 0.1) is 12.6 Å². The third-order valence-corrected chi connectivity index (χ3v) is 2.22. The van der Waals surface area contributed by atoms with Crippen molar-refractivity contribution < 1.29 is 19.4 Å². The van der Waals surface area contributed by atoms with Crippen molar-refractivity contribution in [3.05, 3.63) is 12.7 Å². The lowest BCUT2D eigenvalue weighted by Crippen LogP contribution is -2.47. The number of carbonyl (C=O) groups is 2. The summed E-state index contributed by atoms with van der Waals surface area (Å²) in [6, 6.07) is -0.411. The van der Waals surface area contributed by atoms with E-state index in [1.54, 1.807) is 0 Å². The number of amides is 2. The Hall–Kier alpha value is -1.56. The van der Waals surface area contributed by atoms with E-state index in [4.69, 9.17) is 9.84 Å².